The van der Waals surface area contributed by atoms with Crippen LogP contribution in [0.15, 0.2) is 76.9 Å². The maximum Gasteiger partial charge on any atom is 0.217 e. The first-order valence-electron chi connectivity index (χ1n) is 10.7. The van der Waals surface area contributed by atoms with Gasteiger partial charge in [-0.2, -0.15) is 0 Å². The summed E-state index contributed by atoms with van der Waals surface area (Å²) in [4.78, 5) is 11.8. The molecule has 2 rings (SSSR count). The van der Waals surface area contributed by atoms with Crippen LogP contribution < -0.4 is 10.1 Å². The summed E-state index contributed by atoms with van der Waals surface area (Å²) in [6.07, 6.45) is 9.76. The van der Waals surface area contributed by atoms with Crippen molar-refractivity contribution < 1.29 is 4.74 Å². The van der Waals surface area contributed by atoms with Crippen molar-refractivity contribution in [2.45, 2.75) is 32.2 Å². The Hall–Kier alpha value is -3.25. The minimum absolute atomic E-state index is 0.593. The van der Waals surface area contributed by atoms with Crippen LogP contribution in [0.3, 0.4) is 0 Å². The molecule has 0 fully saturated rings. The minimum atomic E-state index is 0.593. The van der Waals surface area contributed by atoms with Crippen LogP contribution in [0.1, 0.15) is 36.1 Å². The van der Waals surface area contributed by atoms with Gasteiger partial charge >= 0.3 is 0 Å². The van der Waals surface area contributed by atoms with Crippen molar-refractivity contribution in [3.63, 3.8) is 0 Å². The van der Waals surface area contributed by atoms with Crippen LogP contribution in [0.4, 0.5) is 0 Å². The lowest BCUT2D eigenvalue weighted by molar-refractivity contribution is 0.393. The third-order valence-corrected chi connectivity index (χ3v) is 6.03. The number of hydrogen-bond donors (Lipinski definition) is 1. The predicted octanol–water partition coefficient (Wildman–Crippen LogP) is 6.29. The van der Waals surface area contributed by atoms with E-state index in [4.69, 9.17) is 4.74 Å². The summed E-state index contributed by atoms with van der Waals surface area (Å²) in [5.41, 5.74) is 5.97. The van der Waals surface area contributed by atoms with Crippen LogP contribution in [-0.2, 0) is 6.54 Å². The highest BCUT2D eigenvalue weighted by Gasteiger charge is 2.16. The number of thioether (sulfide) groups is 1. The summed E-state index contributed by atoms with van der Waals surface area (Å²) in [5.74, 6) is 0.593. The molecule has 1 aromatic carbocycles. The highest BCUT2D eigenvalue weighted by atomic mass is 32.2. The molecule has 0 bridgehead atoms. The van der Waals surface area contributed by atoms with Gasteiger partial charge in [-0.15, -0.1) is 0 Å². The lowest BCUT2D eigenvalue weighted by atomic mass is 10.1. The SMILES string of the molecule is C=C(NC(=C)c1ccc(CN(C)/C=C\C)cc1)Sc1c(C(/C=N\C)=C/C)cnc(OC)c1C. The van der Waals surface area contributed by atoms with Crippen molar-refractivity contribution in [3.8, 4) is 5.88 Å². The monoisotopic (exact) mass is 462 g/mol. The predicted molar refractivity (Wildman–Crippen MR) is 143 cm³/mol. The largest absolute Gasteiger partial charge is 0.481 e. The molecule has 0 aliphatic carbocycles. The van der Waals surface area contributed by atoms with Crippen LogP contribution in [0.25, 0.3) is 11.3 Å². The molecule has 6 heteroatoms. The molecule has 0 aliphatic rings. The van der Waals surface area contributed by atoms with Crippen molar-refractivity contribution in [2.24, 2.45) is 4.99 Å². The molecule has 0 aliphatic heterocycles. The van der Waals surface area contributed by atoms with Crippen molar-refractivity contribution in [3.05, 3.63) is 89.3 Å². The van der Waals surface area contributed by atoms with Crippen LogP contribution in [0.2, 0.25) is 0 Å². The molecule has 1 heterocycles. The fraction of sp³-hybridized carbons (Fsp3) is 0.259. The van der Waals surface area contributed by atoms with Crippen LogP contribution in [0, 0.1) is 6.92 Å². The van der Waals surface area contributed by atoms with Crippen molar-refractivity contribution in [1.82, 2.24) is 15.2 Å². The second-order valence-electron chi connectivity index (χ2n) is 7.49. The Morgan fingerprint density at radius 3 is 2.52 bits per heavy atom. The highest BCUT2D eigenvalue weighted by molar-refractivity contribution is 8.03. The number of benzene rings is 1. The van der Waals surface area contributed by atoms with E-state index in [2.05, 4.69) is 70.9 Å². The third kappa shape index (κ3) is 7.12. The Labute approximate surface area is 202 Å². The first-order chi connectivity index (χ1) is 15.8. The van der Waals surface area contributed by atoms with E-state index < -0.39 is 0 Å². The minimum Gasteiger partial charge on any atom is -0.481 e. The highest BCUT2D eigenvalue weighted by Crippen LogP contribution is 2.37. The van der Waals surface area contributed by atoms with Gasteiger partial charge in [0.25, 0.3) is 0 Å². The summed E-state index contributed by atoms with van der Waals surface area (Å²) in [7, 11) is 5.45. The first kappa shape index (κ1) is 26.0. The number of pyridine rings is 1. The number of nitrogens with zero attached hydrogens (tertiary/aromatic N) is 3. The Morgan fingerprint density at radius 2 is 1.94 bits per heavy atom. The molecule has 0 atom stereocenters. The second-order valence-corrected chi connectivity index (χ2v) is 8.59. The Kier molecular flexibility index (Phi) is 10.0. The van der Waals surface area contributed by atoms with Crippen molar-refractivity contribution in [2.75, 3.05) is 21.2 Å². The molecule has 0 saturated carbocycles. The van der Waals surface area contributed by atoms with E-state index >= 15 is 0 Å². The van der Waals surface area contributed by atoms with E-state index in [1.165, 1.54) is 17.3 Å². The first-order valence-corrected chi connectivity index (χ1v) is 11.5. The average molecular weight is 463 g/mol. The average Bonchev–Trinajstić information content (AvgIpc) is 2.79. The van der Waals surface area contributed by atoms with E-state index in [9.17, 15) is 0 Å². The second kappa shape index (κ2) is 12.7. The number of ether oxygens (including phenoxy) is 1. The zero-order valence-electron chi connectivity index (χ0n) is 20.5. The molecule has 0 unspecified atom stereocenters. The summed E-state index contributed by atoms with van der Waals surface area (Å²) >= 11 is 1.53. The number of aromatic nitrogens is 1. The van der Waals surface area contributed by atoms with Gasteiger partial charge in [-0.05, 0) is 43.7 Å². The van der Waals surface area contributed by atoms with E-state index in [1.807, 2.05) is 45.3 Å². The quantitative estimate of drug-likeness (QED) is 0.314. The molecular weight excluding hydrogens is 428 g/mol. The summed E-state index contributed by atoms with van der Waals surface area (Å²) < 4.78 is 5.45. The van der Waals surface area contributed by atoms with Gasteiger partial charge in [0.15, 0.2) is 0 Å². The summed E-state index contributed by atoms with van der Waals surface area (Å²) in [5, 5.41) is 4.11. The maximum atomic E-state index is 5.45. The number of methoxy groups -OCH3 is 1. The molecule has 33 heavy (non-hydrogen) atoms. The zero-order valence-corrected chi connectivity index (χ0v) is 21.3. The van der Waals surface area contributed by atoms with Gasteiger partial charge in [-0.25, -0.2) is 4.98 Å². The number of nitrogens with one attached hydrogen (secondary N) is 1. The fourth-order valence-electron chi connectivity index (χ4n) is 3.36. The lowest BCUT2D eigenvalue weighted by Gasteiger charge is -2.18. The molecular formula is C27H34N4OS. The van der Waals surface area contributed by atoms with Crippen LogP contribution in [-0.4, -0.2) is 37.3 Å². The molecule has 0 amide bonds. The van der Waals surface area contributed by atoms with Gasteiger partial charge in [0.05, 0.1) is 12.1 Å². The molecule has 1 aromatic heterocycles. The Morgan fingerprint density at radius 1 is 1.24 bits per heavy atom. The fourth-order valence-corrected chi connectivity index (χ4v) is 4.30. The molecule has 1 N–H and O–H groups in total. The van der Waals surface area contributed by atoms with Gasteiger partial charge < -0.3 is 15.0 Å². The van der Waals surface area contributed by atoms with Gasteiger partial charge in [0.1, 0.15) is 0 Å². The normalized spacial score (nSPS) is 11.8. The smallest absolute Gasteiger partial charge is 0.217 e. The molecule has 2 aromatic rings. The number of rotatable bonds is 11. The zero-order chi connectivity index (χ0) is 24.4. The maximum absolute atomic E-state index is 5.45. The molecule has 5 nitrogen and oxygen atoms in total. The summed E-state index contributed by atoms with van der Waals surface area (Å²) in [6.45, 7) is 15.3. The third-order valence-electron chi connectivity index (χ3n) is 4.95. The van der Waals surface area contributed by atoms with E-state index in [-0.39, 0.29) is 0 Å². The van der Waals surface area contributed by atoms with E-state index in [0.717, 1.165) is 44.4 Å². The number of hydrogen-bond acceptors (Lipinski definition) is 6. The lowest BCUT2D eigenvalue weighted by Crippen LogP contribution is -2.11. The van der Waals surface area contributed by atoms with E-state index in [0.29, 0.717) is 5.88 Å². The van der Waals surface area contributed by atoms with E-state index in [1.54, 1.807) is 14.2 Å². The number of allylic oxidation sites excluding steroid dienone is 3. The summed E-state index contributed by atoms with van der Waals surface area (Å²) in [6, 6.07) is 8.40. The number of aliphatic imine (C=N–C) groups is 1. The van der Waals surface area contributed by atoms with Crippen LogP contribution in [0.5, 0.6) is 5.88 Å². The standard InChI is InChI=1S/C27H34N4OS/c1-9-15-31(7)18-22-11-13-24(14-12-22)20(4)30-21(5)33-26-19(3)27(32-8)29-17-25(26)23(10-2)16-28-6/h9-17,30H,4-5,18H2,1-3,6-8H3/b15-9-,23-10+,28-16-. The molecule has 0 saturated heterocycles. The molecule has 0 radical (unpaired) electrons. The Bertz CT molecular complexity index is 1070. The molecule has 174 valence electrons. The molecule has 0 spiro atoms. The van der Waals surface area contributed by atoms with Crippen molar-refractivity contribution >= 4 is 29.2 Å². The van der Waals surface area contributed by atoms with Gasteiger partial charge in [-0.3, -0.25) is 4.99 Å². The van der Waals surface area contributed by atoms with Gasteiger partial charge in [-0.1, -0.05) is 61.3 Å². The van der Waals surface area contributed by atoms with Crippen molar-refractivity contribution in [1.29, 1.82) is 0 Å². The topological polar surface area (TPSA) is 49.8 Å². The Balaban J connectivity index is 2.19. The van der Waals surface area contributed by atoms with Crippen LogP contribution >= 0.6 is 11.8 Å². The van der Waals surface area contributed by atoms with Gasteiger partial charge in [0, 0.05) is 54.8 Å². The van der Waals surface area contributed by atoms with Gasteiger partial charge in [0.2, 0.25) is 5.88 Å².